The van der Waals surface area contributed by atoms with Gasteiger partial charge in [0, 0.05) is 17.7 Å². The van der Waals surface area contributed by atoms with Crippen LogP contribution in [0.3, 0.4) is 0 Å². The molecule has 7 heteroatoms. The van der Waals surface area contributed by atoms with Gasteiger partial charge in [0.15, 0.2) is 5.82 Å². The van der Waals surface area contributed by atoms with Gasteiger partial charge in [-0.05, 0) is 56.8 Å². The number of benzene rings is 1. The van der Waals surface area contributed by atoms with Gasteiger partial charge in [0.1, 0.15) is 11.5 Å². The Balaban J connectivity index is 1.64. The van der Waals surface area contributed by atoms with Crippen molar-refractivity contribution in [3.05, 3.63) is 54.9 Å². The van der Waals surface area contributed by atoms with Crippen LogP contribution in [0.5, 0.6) is 0 Å². The molecule has 1 aromatic carbocycles. The highest BCUT2D eigenvalue weighted by Gasteiger charge is 2.24. The summed E-state index contributed by atoms with van der Waals surface area (Å²) in [5.41, 5.74) is 2.63. The van der Waals surface area contributed by atoms with Crippen LogP contribution in [0.15, 0.2) is 53.5 Å². The Labute approximate surface area is 162 Å². The Hall–Kier alpha value is -3.06. The summed E-state index contributed by atoms with van der Waals surface area (Å²) in [4.78, 5) is 23.9. The Morgan fingerprint density at radius 1 is 1.21 bits per heavy atom. The van der Waals surface area contributed by atoms with Gasteiger partial charge in [-0.15, -0.1) is 0 Å². The molecule has 28 heavy (non-hydrogen) atoms. The van der Waals surface area contributed by atoms with Crippen LogP contribution < -0.4 is 5.32 Å². The molecule has 1 unspecified atom stereocenters. The number of aromatic nitrogens is 2. The number of carbonyl (C=O) groups is 1. The van der Waals surface area contributed by atoms with Gasteiger partial charge >= 0.3 is 0 Å². The van der Waals surface area contributed by atoms with Gasteiger partial charge in [-0.25, -0.2) is 9.37 Å². The fourth-order valence-electron chi connectivity index (χ4n) is 3.48. The number of hydrogen-bond donors (Lipinski definition) is 1. The lowest BCUT2D eigenvalue weighted by Crippen LogP contribution is -2.38. The van der Waals surface area contributed by atoms with Gasteiger partial charge < -0.3 is 14.6 Å². The molecule has 0 radical (unpaired) electrons. The molecule has 1 saturated heterocycles. The number of furan rings is 1. The summed E-state index contributed by atoms with van der Waals surface area (Å²) in [5, 5.41) is 2.89. The van der Waals surface area contributed by atoms with E-state index < -0.39 is 0 Å². The molecule has 0 bridgehead atoms. The maximum absolute atomic E-state index is 13.3. The molecule has 1 fully saturated rings. The van der Waals surface area contributed by atoms with E-state index in [1.54, 1.807) is 30.7 Å². The van der Waals surface area contributed by atoms with Gasteiger partial charge in [-0.3, -0.25) is 9.78 Å². The summed E-state index contributed by atoms with van der Waals surface area (Å²) < 4.78 is 18.5. The quantitative estimate of drug-likeness (QED) is 0.745. The summed E-state index contributed by atoms with van der Waals surface area (Å²) in [7, 11) is 2.02. The fraction of sp³-hybridized carbons (Fsp3) is 0.286. The van der Waals surface area contributed by atoms with Crippen molar-refractivity contribution in [2.24, 2.45) is 5.92 Å². The first kappa shape index (κ1) is 18.3. The molecule has 3 aromatic rings. The SMILES string of the molecule is CN1CCCC(C(=O)Nc2cnc(-c3ccc(F)cc3)c(-c3ccoc3)n2)C1. The maximum atomic E-state index is 13.3. The number of nitrogens with zero attached hydrogens (tertiary/aromatic N) is 3. The third-order valence-electron chi connectivity index (χ3n) is 4.93. The fourth-order valence-corrected chi connectivity index (χ4v) is 3.48. The number of likely N-dealkylation sites (tertiary alicyclic amines) is 1. The second-order valence-corrected chi connectivity index (χ2v) is 7.06. The highest BCUT2D eigenvalue weighted by molar-refractivity contribution is 5.92. The number of carbonyl (C=O) groups excluding carboxylic acids is 1. The van der Waals surface area contributed by atoms with Gasteiger partial charge in [-0.2, -0.15) is 0 Å². The van der Waals surface area contributed by atoms with Crippen molar-refractivity contribution in [1.82, 2.24) is 14.9 Å². The highest BCUT2D eigenvalue weighted by atomic mass is 19.1. The Kier molecular flexibility index (Phi) is 5.16. The Bertz CT molecular complexity index is 957. The van der Waals surface area contributed by atoms with E-state index in [9.17, 15) is 9.18 Å². The summed E-state index contributed by atoms with van der Waals surface area (Å²) in [6.45, 7) is 1.75. The van der Waals surface area contributed by atoms with E-state index in [-0.39, 0.29) is 17.6 Å². The van der Waals surface area contributed by atoms with Crippen LogP contribution in [0.1, 0.15) is 12.8 Å². The minimum absolute atomic E-state index is 0.0477. The number of amides is 1. The van der Waals surface area contributed by atoms with Crippen LogP contribution in [0.25, 0.3) is 22.5 Å². The van der Waals surface area contributed by atoms with Crippen molar-refractivity contribution in [3.8, 4) is 22.5 Å². The predicted octanol–water partition coefficient (Wildman–Crippen LogP) is 3.82. The van der Waals surface area contributed by atoms with Crippen LogP contribution in [0, 0.1) is 11.7 Å². The molecule has 1 aliphatic heterocycles. The van der Waals surface area contributed by atoms with Crippen molar-refractivity contribution in [1.29, 1.82) is 0 Å². The number of piperidine rings is 1. The molecule has 1 aliphatic rings. The van der Waals surface area contributed by atoms with E-state index in [0.717, 1.165) is 37.1 Å². The molecule has 1 N–H and O–H groups in total. The first-order valence-electron chi connectivity index (χ1n) is 9.25. The molecule has 0 spiro atoms. The number of hydrogen-bond acceptors (Lipinski definition) is 5. The van der Waals surface area contributed by atoms with Crippen molar-refractivity contribution < 1.29 is 13.6 Å². The van der Waals surface area contributed by atoms with Crippen LogP contribution in [-0.2, 0) is 4.79 Å². The van der Waals surface area contributed by atoms with Gasteiger partial charge in [0.05, 0.1) is 30.3 Å². The summed E-state index contributed by atoms with van der Waals surface area (Å²) in [5.74, 6) is -0.0357. The molecular weight excluding hydrogens is 359 g/mol. The van der Waals surface area contributed by atoms with Gasteiger partial charge in [0.25, 0.3) is 0 Å². The lowest BCUT2D eigenvalue weighted by Gasteiger charge is -2.28. The number of nitrogens with one attached hydrogen (secondary N) is 1. The second kappa shape index (κ2) is 7.90. The molecule has 144 valence electrons. The Morgan fingerprint density at radius 2 is 2.04 bits per heavy atom. The van der Waals surface area contributed by atoms with Crippen molar-refractivity contribution in [2.75, 3.05) is 25.5 Å². The van der Waals surface area contributed by atoms with Crippen molar-refractivity contribution >= 4 is 11.7 Å². The molecular formula is C21H21FN4O2. The monoisotopic (exact) mass is 380 g/mol. The molecule has 3 heterocycles. The van der Waals surface area contributed by atoms with Crippen LogP contribution in [-0.4, -0.2) is 40.9 Å². The van der Waals surface area contributed by atoms with Crippen LogP contribution in [0.4, 0.5) is 10.2 Å². The Morgan fingerprint density at radius 3 is 2.75 bits per heavy atom. The van der Waals surface area contributed by atoms with Crippen molar-refractivity contribution in [2.45, 2.75) is 12.8 Å². The molecule has 2 aromatic heterocycles. The normalized spacial score (nSPS) is 17.4. The third-order valence-corrected chi connectivity index (χ3v) is 4.93. The minimum Gasteiger partial charge on any atom is -0.472 e. The maximum Gasteiger partial charge on any atom is 0.229 e. The van der Waals surface area contributed by atoms with Gasteiger partial charge in [-0.1, -0.05) is 0 Å². The zero-order valence-corrected chi connectivity index (χ0v) is 15.6. The van der Waals surface area contributed by atoms with Crippen LogP contribution >= 0.6 is 0 Å². The number of anilines is 1. The summed E-state index contributed by atoms with van der Waals surface area (Å²) in [6.07, 6.45) is 6.52. The number of halogens is 1. The topological polar surface area (TPSA) is 71.3 Å². The highest BCUT2D eigenvalue weighted by Crippen LogP contribution is 2.30. The molecule has 6 nitrogen and oxygen atoms in total. The molecule has 0 aliphatic carbocycles. The zero-order chi connectivity index (χ0) is 19.5. The average Bonchev–Trinajstić information content (AvgIpc) is 3.23. The smallest absolute Gasteiger partial charge is 0.229 e. The standard InChI is InChI=1S/C21H21FN4O2/c1-26-9-2-3-15(12-26)21(27)25-18-11-23-19(14-4-6-17(22)7-5-14)20(24-18)16-8-10-28-13-16/h4-8,10-11,13,15H,2-3,9,12H2,1H3,(H,24,25,27). The third kappa shape index (κ3) is 3.94. The average molecular weight is 380 g/mol. The largest absolute Gasteiger partial charge is 0.472 e. The van der Waals surface area contributed by atoms with E-state index in [1.165, 1.54) is 18.3 Å². The van der Waals surface area contributed by atoms with E-state index >= 15 is 0 Å². The van der Waals surface area contributed by atoms with E-state index in [4.69, 9.17) is 4.42 Å². The number of rotatable bonds is 4. The predicted molar refractivity (Wildman–Crippen MR) is 104 cm³/mol. The van der Waals surface area contributed by atoms with Crippen LogP contribution in [0.2, 0.25) is 0 Å². The first-order valence-corrected chi connectivity index (χ1v) is 9.25. The molecule has 4 rings (SSSR count). The van der Waals surface area contributed by atoms with Gasteiger partial charge in [0.2, 0.25) is 5.91 Å². The lowest BCUT2D eigenvalue weighted by molar-refractivity contribution is -0.121. The second-order valence-electron chi connectivity index (χ2n) is 7.06. The van der Waals surface area contributed by atoms with E-state index in [1.807, 2.05) is 7.05 Å². The van der Waals surface area contributed by atoms with Crippen molar-refractivity contribution in [3.63, 3.8) is 0 Å². The first-order chi connectivity index (χ1) is 13.6. The van der Waals surface area contributed by atoms with E-state index in [0.29, 0.717) is 17.2 Å². The molecule has 1 atom stereocenters. The molecule has 0 saturated carbocycles. The minimum atomic E-state index is -0.317. The lowest BCUT2D eigenvalue weighted by atomic mass is 9.98. The summed E-state index contributed by atoms with van der Waals surface area (Å²) in [6, 6.07) is 7.84. The van der Waals surface area contributed by atoms with E-state index in [2.05, 4.69) is 20.2 Å². The summed E-state index contributed by atoms with van der Waals surface area (Å²) >= 11 is 0. The zero-order valence-electron chi connectivity index (χ0n) is 15.6. The molecule has 1 amide bonds.